The van der Waals surface area contributed by atoms with Crippen LogP contribution in [0.25, 0.3) is 0 Å². The van der Waals surface area contributed by atoms with E-state index in [1.54, 1.807) is 12.3 Å². The normalized spacial score (nSPS) is 14.2. The Labute approximate surface area is 81.4 Å². The van der Waals surface area contributed by atoms with Crippen molar-refractivity contribution in [3.05, 3.63) is 16.1 Å². The van der Waals surface area contributed by atoms with E-state index in [-0.39, 0.29) is 5.41 Å². The molecule has 0 saturated heterocycles. The first-order chi connectivity index (χ1) is 5.98. The Balaban J connectivity index is 3.00. The molecular formula is C9H13NO2S. The molecule has 0 aromatic carbocycles. The summed E-state index contributed by atoms with van der Waals surface area (Å²) in [6.45, 7) is 5.54. The van der Waals surface area contributed by atoms with Crippen LogP contribution in [0.15, 0.2) is 5.38 Å². The highest BCUT2D eigenvalue weighted by atomic mass is 32.1. The molecule has 0 spiro atoms. The first kappa shape index (κ1) is 10.3. The van der Waals surface area contributed by atoms with Crippen LogP contribution in [0.4, 0.5) is 0 Å². The van der Waals surface area contributed by atoms with Crippen molar-refractivity contribution in [2.24, 2.45) is 0 Å². The van der Waals surface area contributed by atoms with Crippen molar-refractivity contribution in [3.8, 4) is 0 Å². The largest absolute Gasteiger partial charge is 0.392 e. The van der Waals surface area contributed by atoms with Crippen molar-refractivity contribution in [2.45, 2.75) is 32.3 Å². The molecule has 1 heterocycles. The molecule has 1 atom stereocenters. The average Bonchev–Trinajstić information content (AvgIpc) is 2.51. The van der Waals surface area contributed by atoms with E-state index in [9.17, 15) is 9.90 Å². The van der Waals surface area contributed by atoms with Crippen molar-refractivity contribution in [2.75, 3.05) is 0 Å². The molecule has 0 aliphatic carbocycles. The van der Waals surface area contributed by atoms with Crippen molar-refractivity contribution in [3.63, 3.8) is 0 Å². The zero-order chi connectivity index (χ0) is 10.1. The van der Waals surface area contributed by atoms with Gasteiger partial charge in [0, 0.05) is 10.8 Å². The zero-order valence-corrected chi connectivity index (χ0v) is 8.76. The Kier molecular flexibility index (Phi) is 2.83. The lowest BCUT2D eigenvalue weighted by atomic mass is 9.88. The fraction of sp³-hybridized carbons (Fsp3) is 0.556. The number of hydrogen-bond acceptors (Lipinski definition) is 4. The molecule has 0 unspecified atom stereocenters. The van der Waals surface area contributed by atoms with Gasteiger partial charge in [0.2, 0.25) is 0 Å². The number of rotatable bonds is 3. The molecule has 0 amide bonds. The van der Waals surface area contributed by atoms with Crippen molar-refractivity contribution >= 4 is 17.6 Å². The fourth-order valence-corrected chi connectivity index (χ4v) is 1.79. The maximum absolute atomic E-state index is 10.4. The van der Waals surface area contributed by atoms with Crippen LogP contribution >= 0.6 is 11.3 Å². The first-order valence-electron chi connectivity index (χ1n) is 4.07. The van der Waals surface area contributed by atoms with Crippen LogP contribution in [0, 0.1) is 0 Å². The quantitative estimate of drug-likeness (QED) is 0.752. The number of aldehydes is 1. The van der Waals surface area contributed by atoms with E-state index in [4.69, 9.17) is 0 Å². The number of carbonyl (C=O) groups excluding carboxylic acids is 1. The van der Waals surface area contributed by atoms with Gasteiger partial charge in [0.05, 0.1) is 6.10 Å². The average molecular weight is 199 g/mol. The van der Waals surface area contributed by atoms with Gasteiger partial charge in [-0.15, -0.1) is 11.3 Å². The van der Waals surface area contributed by atoms with Crippen LogP contribution in [-0.2, 0) is 5.41 Å². The number of aliphatic hydroxyl groups excluding tert-OH is 1. The Bertz CT molecular complexity index is 304. The monoisotopic (exact) mass is 199 g/mol. The number of carbonyl (C=O) groups is 1. The predicted octanol–water partition coefficient (Wildman–Crippen LogP) is 1.61. The summed E-state index contributed by atoms with van der Waals surface area (Å²) in [5, 5.41) is 12.0. The summed E-state index contributed by atoms with van der Waals surface area (Å²) < 4.78 is 0. The Hall–Kier alpha value is -0.740. The minimum atomic E-state index is -0.474. The van der Waals surface area contributed by atoms with E-state index in [1.165, 1.54) is 11.3 Å². The third-order valence-electron chi connectivity index (χ3n) is 2.24. The highest BCUT2D eigenvalue weighted by Gasteiger charge is 2.29. The second-order valence-corrected chi connectivity index (χ2v) is 4.45. The minimum absolute atomic E-state index is 0.383. The van der Waals surface area contributed by atoms with E-state index in [2.05, 4.69) is 4.98 Å². The maximum Gasteiger partial charge on any atom is 0.169 e. The minimum Gasteiger partial charge on any atom is -0.392 e. The number of aliphatic hydroxyl groups is 1. The molecule has 0 aliphatic heterocycles. The first-order valence-corrected chi connectivity index (χ1v) is 4.95. The standard InChI is InChI=1S/C9H13NO2S/c1-6(12)9(2,3)8-10-7(4-11)5-13-8/h4-6,12H,1-3H3/t6-/m1/s1. The molecule has 0 bridgehead atoms. The third kappa shape index (κ3) is 1.95. The van der Waals surface area contributed by atoms with E-state index in [1.807, 2.05) is 13.8 Å². The van der Waals surface area contributed by atoms with Gasteiger partial charge in [0.15, 0.2) is 6.29 Å². The van der Waals surface area contributed by atoms with Crippen molar-refractivity contribution in [1.29, 1.82) is 0 Å². The van der Waals surface area contributed by atoms with Gasteiger partial charge in [-0.2, -0.15) is 0 Å². The summed E-state index contributed by atoms with van der Waals surface area (Å²) in [7, 11) is 0. The number of hydrogen-bond donors (Lipinski definition) is 1. The molecule has 72 valence electrons. The van der Waals surface area contributed by atoms with Crippen molar-refractivity contribution in [1.82, 2.24) is 4.98 Å². The lowest BCUT2D eigenvalue weighted by molar-refractivity contribution is 0.111. The van der Waals surface area contributed by atoms with Gasteiger partial charge in [-0.05, 0) is 6.92 Å². The van der Waals surface area contributed by atoms with Gasteiger partial charge in [-0.3, -0.25) is 4.79 Å². The van der Waals surface area contributed by atoms with Crippen LogP contribution in [-0.4, -0.2) is 22.5 Å². The second kappa shape index (κ2) is 3.55. The summed E-state index contributed by atoms with van der Waals surface area (Å²) in [5.41, 5.74) is 0.0556. The van der Waals surface area contributed by atoms with Gasteiger partial charge >= 0.3 is 0 Å². The number of nitrogens with zero attached hydrogens (tertiary/aromatic N) is 1. The smallest absolute Gasteiger partial charge is 0.169 e. The fourth-order valence-electron chi connectivity index (χ4n) is 0.815. The van der Waals surface area contributed by atoms with Crippen molar-refractivity contribution < 1.29 is 9.90 Å². The number of aromatic nitrogens is 1. The second-order valence-electron chi connectivity index (χ2n) is 3.59. The predicted molar refractivity (Wildman–Crippen MR) is 52.2 cm³/mol. The molecule has 3 nitrogen and oxygen atoms in total. The summed E-state index contributed by atoms with van der Waals surface area (Å²) in [5.74, 6) is 0. The van der Waals surface area contributed by atoms with Gasteiger partial charge < -0.3 is 5.11 Å². The van der Waals surface area contributed by atoms with E-state index < -0.39 is 6.10 Å². The third-order valence-corrected chi connectivity index (χ3v) is 3.44. The van der Waals surface area contributed by atoms with E-state index in [0.29, 0.717) is 5.69 Å². The molecule has 0 fully saturated rings. The SMILES string of the molecule is C[C@@H](O)C(C)(C)c1nc(C=O)cs1. The van der Waals surface area contributed by atoms with Gasteiger partial charge in [-0.25, -0.2) is 4.98 Å². The maximum atomic E-state index is 10.4. The molecular weight excluding hydrogens is 186 g/mol. The molecule has 0 aliphatic rings. The van der Waals surface area contributed by atoms with Gasteiger partial charge in [-0.1, -0.05) is 13.8 Å². The molecule has 0 saturated carbocycles. The molecule has 0 radical (unpaired) electrons. The summed E-state index contributed by atoms with van der Waals surface area (Å²) in [4.78, 5) is 14.5. The molecule has 1 aromatic rings. The Morgan fingerprint density at radius 2 is 2.31 bits per heavy atom. The summed E-state index contributed by atoms with van der Waals surface area (Å²) in [6.07, 6.45) is 0.246. The zero-order valence-electron chi connectivity index (χ0n) is 7.94. The molecule has 13 heavy (non-hydrogen) atoms. The lowest BCUT2D eigenvalue weighted by Gasteiger charge is -2.24. The highest BCUT2D eigenvalue weighted by Crippen LogP contribution is 2.29. The topological polar surface area (TPSA) is 50.2 Å². The van der Waals surface area contributed by atoms with Crippen LogP contribution < -0.4 is 0 Å². The summed E-state index contributed by atoms with van der Waals surface area (Å²) >= 11 is 1.41. The Morgan fingerprint density at radius 3 is 2.69 bits per heavy atom. The van der Waals surface area contributed by atoms with Crippen LogP contribution in [0.1, 0.15) is 36.3 Å². The van der Waals surface area contributed by atoms with Crippen LogP contribution in [0.5, 0.6) is 0 Å². The molecule has 4 heteroatoms. The summed E-state index contributed by atoms with van der Waals surface area (Å²) in [6, 6.07) is 0. The van der Waals surface area contributed by atoms with Crippen LogP contribution in [0.3, 0.4) is 0 Å². The molecule has 1 rings (SSSR count). The van der Waals surface area contributed by atoms with Crippen LogP contribution in [0.2, 0.25) is 0 Å². The van der Waals surface area contributed by atoms with Gasteiger partial charge in [0.1, 0.15) is 10.7 Å². The highest BCUT2D eigenvalue weighted by molar-refractivity contribution is 7.10. The van der Waals surface area contributed by atoms with Gasteiger partial charge in [0.25, 0.3) is 0 Å². The van der Waals surface area contributed by atoms with E-state index in [0.717, 1.165) is 11.3 Å². The molecule has 1 aromatic heterocycles. The number of thiazole rings is 1. The lowest BCUT2D eigenvalue weighted by Crippen LogP contribution is -2.30. The molecule has 1 N–H and O–H groups in total. The Morgan fingerprint density at radius 1 is 1.69 bits per heavy atom. The van der Waals surface area contributed by atoms with E-state index >= 15 is 0 Å².